The molecular weight excluding hydrogens is 448 g/mol. The predicted molar refractivity (Wildman–Crippen MR) is 125 cm³/mol. The van der Waals surface area contributed by atoms with Gasteiger partial charge in [-0.25, -0.2) is 4.98 Å². The maximum atomic E-state index is 6.23. The molecule has 0 unspecified atom stereocenters. The third-order valence-electron chi connectivity index (χ3n) is 5.95. The van der Waals surface area contributed by atoms with Crippen molar-refractivity contribution in [3.8, 4) is 5.75 Å². The zero-order valence-electron chi connectivity index (χ0n) is 19.0. The molecule has 1 aromatic carbocycles. The van der Waals surface area contributed by atoms with Crippen molar-refractivity contribution in [1.29, 1.82) is 0 Å². The van der Waals surface area contributed by atoms with Crippen molar-refractivity contribution in [3.63, 3.8) is 0 Å². The Morgan fingerprint density at radius 3 is 3.03 bits per heavy atom. The van der Waals surface area contributed by atoms with E-state index in [4.69, 9.17) is 14.9 Å². The number of nitrogens with two attached hydrogens (primary N) is 1. The minimum atomic E-state index is 0.0149. The van der Waals surface area contributed by atoms with Crippen LogP contribution in [0, 0.1) is 6.92 Å². The van der Waals surface area contributed by atoms with Crippen LogP contribution in [0.5, 0.6) is 5.75 Å². The van der Waals surface area contributed by atoms with Gasteiger partial charge < -0.3 is 20.2 Å². The van der Waals surface area contributed by atoms with E-state index in [1.54, 1.807) is 6.92 Å². The van der Waals surface area contributed by atoms with E-state index >= 15 is 0 Å². The monoisotopic (exact) mass is 472 g/mol. The summed E-state index contributed by atoms with van der Waals surface area (Å²) in [7, 11) is 0. The van der Waals surface area contributed by atoms with Crippen molar-refractivity contribution in [2.24, 2.45) is 0 Å². The van der Waals surface area contributed by atoms with Crippen molar-refractivity contribution in [1.82, 2.24) is 45.7 Å². The number of benzene rings is 1. The van der Waals surface area contributed by atoms with E-state index in [1.165, 1.54) is 0 Å². The molecule has 0 saturated carbocycles. The Labute approximate surface area is 199 Å². The number of aryl methyl sites for hydroxylation is 1. The van der Waals surface area contributed by atoms with Crippen LogP contribution in [0.2, 0.25) is 0 Å². The van der Waals surface area contributed by atoms with Crippen LogP contribution in [0.25, 0.3) is 11.2 Å². The number of anilines is 1. The fourth-order valence-corrected chi connectivity index (χ4v) is 4.39. The smallest absolute Gasteiger partial charge is 0.233 e. The Kier molecular flexibility index (Phi) is 5.34. The normalized spacial score (nSPS) is 17.9. The zero-order valence-corrected chi connectivity index (χ0v) is 19.0. The number of H-pyrrole nitrogens is 1. The number of nitrogens with zero attached hydrogens (tertiary/aromatic N) is 7. The van der Waals surface area contributed by atoms with Gasteiger partial charge >= 0.3 is 0 Å². The van der Waals surface area contributed by atoms with Crippen LogP contribution < -0.4 is 15.8 Å². The molecular formula is C23H24N10O2. The first-order chi connectivity index (χ1) is 17.1. The van der Waals surface area contributed by atoms with Crippen LogP contribution in [0.3, 0.4) is 0 Å². The maximum Gasteiger partial charge on any atom is 0.233 e. The average Bonchev–Trinajstić information content (AvgIpc) is 3.62. The first-order valence-corrected chi connectivity index (χ1v) is 11.4. The highest BCUT2D eigenvalue weighted by Gasteiger charge is 2.30. The van der Waals surface area contributed by atoms with Gasteiger partial charge in [-0.05, 0) is 34.9 Å². The molecule has 5 heterocycles. The fraction of sp³-hybridized carbons (Fsp3) is 0.304. The second kappa shape index (κ2) is 8.80. The molecule has 0 radical (unpaired) electrons. The quantitative estimate of drug-likeness (QED) is 0.319. The molecule has 12 heteroatoms. The Hall–Kier alpha value is -4.32. The summed E-state index contributed by atoms with van der Waals surface area (Å²) < 4.78 is 13.7. The minimum Gasteiger partial charge on any atom is -0.489 e. The molecule has 4 N–H and O–H groups in total. The fourth-order valence-electron chi connectivity index (χ4n) is 4.39. The van der Waals surface area contributed by atoms with E-state index in [9.17, 15) is 0 Å². The summed E-state index contributed by atoms with van der Waals surface area (Å²) >= 11 is 0. The number of nitrogen functional groups attached to an aromatic ring is 1. The van der Waals surface area contributed by atoms with E-state index in [-0.39, 0.29) is 12.1 Å². The van der Waals surface area contributed by atoms with Crippen molar-refractivity contribution in [3.05, 3.63) is 71.2 Å². The molecule has 1 saturated heterocycles. The van der Waals surface area contributed by atoms with Crippen molar-refractivity contribution in [2.75, 3.05) is 12.3 Å². The average molecular weight is 473 g/mol. The summed E-state index contributed by atoms with van der Waals surface area (Å²) in [6.45, 7) is 3.14. The highest BCUT2D eigenvalue weighted by molar-refractivity contribution is 5.76. The van der Waals surface area contributed by atoms with Gasteiger partial charge in [0.15, 0.2) is 0 Å². The summed E-state index contributed by atoms with van der Waals surface area (Å²) in [5.41, 5.74) is 10.2. The summed E-state index contributed by atoms with van der Waals surface area (Å²) in [5, 5.41) is 26.8. The van der Waals surface area contributed by atoms with Gasteiger partial charge in [0.2, 0.25) is 17.4 Å². The predicted octanol–water partition coefficient (Wildman–Crippen LogP) is 1.94. The van der Waals surface area contributed by atoms with E-state index in [0.717, 1.165) is 40.9 Å². The molecule has 1 fully saturated rings. The molecule has 6 rings (SSSR count). The van der Waals surface area contributed by atoms with Gasteiger partial charge in [-0.1, -0.05) is 12.1 Å². The SMILES string of the molecule is Cc1nnc([C@@H]2C[C@@H](Oc3cccc(Cn4cc(Cc5cc(N)nc6n[nH]nc56)cn4)c3)CN2)o1. The van der Waals surface area contributed by atoms with E-state index in [2.05, 4.69) is 47.1 Å². The van der Waals surface area contributed by atoms with Crippen LogP contribution in [0.4, 0.5) is 5.82 Å². The number of fused-ring (bicyclic) bond motifs is 1. The second-order valence-corrected chi connectivity index (χ2v) is 8.67. The first-order valence-electron chi connectivity index (χ1n) is 11.4. The minimum absolute atomic E-state index is 0.0149. The Balaban J connectivity index is 1.10. The third-order valence-corrected chi connectivity index (χ3v) is 5.95. The lowest BCUT2D eigenvalue weighted by molar-refractivity contribution is 0.217. The number of aromatic nitrogens is 8. The lowest BCUT2D eigenvalue weighted by Crippen LogP contribution is -2.20. The van der Waals surface area contributed by atoms with E-state index in [0.29, 0.717) is 36.2 Å². The Bertz CT molecular complexity index is 1470. The second-order valence-electron chi connectivity index (χ2n) is 8.67. The van der Waals surface area contributed by atoms with E-state index in [1.807, 2.05) is 41.3 Å². The summed E-state index contributed by atoms with van der Waals surface area (Å²) in [4.78, 5) is 4.19. The molecule has 35 heavy (non-hydrogen) atoms. The molecule has 5 aromatic rings. The molecule has 2 atom stereocenters. The molecule has 0 spiro atoms. The molecule has 1 aliphatic rings. The highest BCUT2D eigenvalue weighted by atomic mass is 16.5. The van der Waals surface area contributed by atoms with Gasteiger partial charge in [0.05, 0.1) is 18.8 Å². The molecule has 178 valence electrons. The summed E-state index contributed by atoms with van der Waals surface area (Å²) in [5.74, 6) is 2.42. The summed E-state index contributed by atoms with van der Waals surface area (Å²) in [6, 6.07) is 9.92. The van der Waals surface area contributed by atoms with Gasteiger partial charge in [-0.2, -0.15) is 15.4 Å². The lowest BCUT2D eigenvalue weighted by atomic mass is 10.1. The number of hydrogen-bond acceptors (Lipinski definition) is 10. The van der Waals surface area contributed by atoms with Crippen LogP contribution in [0.1, 0.15) is 40.9 Å². The van der Waals surface area contributed by atoms with Gasteiger partial charge in [-0.3, -0.25) is 4.68 Å². The van der Waals surface area contributed by atoms with Crippen LogP contribution in [-0.4, -0.2) is 53.0 Å². The van der Waals surface area contributed by atoms with Crippen LogP contribution in [-0.2, 0) is 13.0 Å². The van der Waals surface area contributed by atoms with Gasteiger partial charge in [0.25, 0.3) is 0 Å². The molecule has 0 aliphatic carbocycles. The van der Waals surface area contributed by atoms with Crippen molar-refractivity contribution in [2.45, 2.75) is 38.5 Å². The largest absolute Gasteiger partial charge is 0.489 e. The molecule has 1 aliphatic heterocycles. The number of aromatic amines is 1. The van der Waals surface area contributed by atoms with Gasteiger partial charge in [-0.15, -0.1) is 15.3 Å². The third kappa shape index (κ3) is 4.55. The lowest BCUT2D eigenvalue weighted by Gasteiger charge is -2.13. The van der Waals surface area contributed by atoms with E-state index < -0.39 is 0 Å². The molecule has 0 bridgehead atoms. The maximum absolute atomic E-state index is 6.23. The van der Waals surface area contributed by atoms with Crippen molar-refractivity contribution >= 4 is 17.0 Å². The highest BCUT2D eigenvalue weighted by Crippen LogP contribution is 2.26. The first kappa shape index (κ1) is 21.2. The number of hydrogen-bond donors (Lipinski definition) is 3. The molecule has 4 aromatic heterocycles. The van der Waals surface area contributed by atoms with Crippen LogP contribution in [0.15, 0.2) is 47.1 Å². The zero-order chi connectivity index (χ0) is 23.8. The molecule has 0 amide bonds. The standard InChI is InChI=1S/C23H24N10O2/c1-13-28-31-23(34-13)19-8-18(10-25-19)35-17-4-2-3-14(6-17)11-33-12-15(9-26-33)5-16-7-20(24)27-22-21(16)29-32-30-22/h2-4,6-7,9,12,18-19,25H,5,8,10-11H2,1H3,(H3,24,27,29,30,32)/t18-,19+/m1/s1. The summed E-state index contributed by atoms with van der Waals surface area (Å²) in [6.07, 6.45) is 5.31. The number of nitrogens with one attached hydrogen (secondary N) is 2. The number of rotatable bonds is 7. The van der Waals surface area contributed by atoms with Crippen LogP contribution >= 0.6 is 0 Å². The Morgan fingerprint density at radius 2 is 2.14 bits per heavy atom. The van der Waals surface area contributed by atoms with Gasteiger partial charge in [0.1, 0.15) is 23.2 Å². The Morgan fingerprint density at radius 1 is 1.20 bits per heavy atom. The topological polar surface area (TPSA) is 158 Å². The number of ether oxygens (including phenoxy) is 1. The molecule has 12 nitrogen and oxygen atoms in total. The number of pyridine rings is 1. The van der Waals surface area contributed by atoms with Crippen molar-refractivity contribution < 1.29 is 9.15 Å². The van der Waals surface area contributed by atoms with Gasteiger partial charge in [0, 0.05) is 32.5 Å².